The zero-order valence-corrected chi connectivity index (χ0v) is 14.4. The van der Waals surface area contributed by atoms with Crippen LogP contribution in [0.25, 0.3) is 0 Å². The number of ether oxygens (including phenoxy) is 2. The Labute approximate surface area is 150 Å². The molecule has 0 aromatic heterocycles. The van der Waals surface area contributed by atoms with Crippen LogP contribution in [0.4, 0.5) is 0 Å². The molecule has 0 heterocycles. The van der Waals surface area contributed by atoms with Crippen LogP contribution >= 0.6 is 0 Å². The third-order valence-corrected chi connectivity index (χ3v) is 3.40. The van der Waals surface area contributed by atoms with E-state index in [9.17, 15) is 14.7 Å². The summed E-state index contributed by atoms with van der Waals surface area (Å²) < 4.78 is 10.0. The number of rotatable bonds is 6. The maximum absolute atomic E-state index is 11.8. The lowest BCUT2D eigenvalue weighted by Gasteiger charge is -2.05. The molecule has 0 radical (unpaired) electrons. The molecule has 2 aromatic rings. The third-order valence-electron chi connectivity index (χ3n) is 3.40. The molecule has 0 aliphatic rings. The summed E-state index contributed by atoms with van der Waals surface area (Å²) in [6.45, 7) is 0.203. The Balaban J connectivity index is 1.83. The average Bonchev–Trinajstić information content (AvgIpc) is 2.67. The lowest BCUT2D eigenvalue weighted by atomic mass is 10.2. The molecule has 2 aromatic carbocycles. The van der Waals surface area contributed by atoms with E-state index in [1.54, 1.807) is 37.4 Å². The molecule has 0 atom stereocenters. The van der Waals surface area contributed by atoms with Crippen molar-refractivity contribution in [2.24, 2.45) is 5.10 Å². The van der Waals surface area contributed by atoms with Gasteiger partial charge in [0.1, 0.15) is 5.75 Å². The summed E-state index contributed by atoms with van der Waals surface area (Å²) in [5.41, 5.74) is 3.54. The Morgan fingerprint density at radius 3 is 2.46 bits per heavy atom. The highest BCUT2D eigenvalue weighted by atomic mass is 16.5. The van der Waals surface area contributed by atoms with E-state index < -0.39 is 11.8 Å². The van der Waals surface area contributed by atoms with Crippen LogP contribution < -0.4 is 20.2 Å². The molecular formula is C18H19N3O5. The smallest absolute Gasteiger partial charge is 0.329 e. The first kappa shape index (κ1) is 18.8. The highest BCUT2D eigenvalue weighted by Crippen LogP contribution is 2.25. The second-order valence-electron chi connectivity index (χ2n) is 5.16. The van der Waals surface area contributed by atoms with Crippen molar-refractivity contribution in [2.45, 2.75) is 6.54 Å². The molecule has 0 bridgehead atoms. The summed E-state index contributed by atoms with van der Waals surface area (Å²) in [6.07, 6.45) is 1.33. The molecule has 8 heteroatoms. The number of phenolic OH excluding ortho intramolecular Hbond substituents is 1. The van der Waals surface area contributed by atoms with Crippen LogP contribution in [0, 0.1) is 0 Å². The van der Waals surface area contributed by atoms with Crippen molar-refractivity contribution in [3.63, 3.8) is 0 Å². The van der Waals surface area contributed by atoms with E-state index in [0.29, 0.717) is 11.3 Å². The molecule has 8 nitrogen and oxygen atoms in total. The molecule has 0 aliphatic carbocycles. The van der Waals surface area contributed by atoms with Crippen LogP contribution in [0.5, 0.6) is 17.2 Å². The number of aromatic hydroxyl groups is 1. The number of hydrazone groups is 1. The van der Waals surface area contributed by atoms with Gasteiger partial charge in [-0.15, -0.1) is 0 Å². The van der Waals surface area contributed by atoms with E-state index in [1.165, 1.54) is 25.5 Å². The zero-order chi connectivity index (χ0) is 18.9. The fraction of sp³-hybridized carbons (Fsp3) is 0.167. The van der Waals surface area contributed by atoms with E-state index >= 15 is 0 Å². The number of nitrogens with one attached hydrogen (secondary N) is 2. The predicted octanol–water partition coefficient (Wildman–Crippen LogP) is 1.18. The first-order valence-corrected chi connectivity index (χ1v) is 7.64. The number of hydrogen-bond acceptors (Lipinski definition) is 6. The Hall–Kier alpha value is -3.55. The van der Waals surface area contributed by atoms with Crippen molar-refractivity contribution in [3.8, 4) is 17.2 Å². The SMILES string of the molecule is COc1ccc(CNC(=O)C(=O)NN=Cc2ccc(O)c(OC)c2)cc1. The average molecular weight is 357 g/mol. The maximum Gasteiger partial charge on any atom is 0.329 e. The van der Waals surface area contributed by atoms with E-state index in [2.05, 4.69) is 15.8 Å². The molecule has 0 saturated carbocycles. The van der Waals surface area contributed by atoms with Crippen LogP contribution in [0.2, 0.25) is 0 Å². The summed E-state index contributed by atoms with van der Waals surface area (Å²) in [7, 11) is 2.99. The Bertz CT molecular complexity index is 803. The van der Waals surface area contributed by atoms with Gasteiger partial charge in [-0.2, -0.15) is 5.10 Å². The minimum Gasteiger partial charge on any atom is -0.504 e. The highest BCUT2D eigenvalue weighted by molar-refractivity contribution is 6.35. The van der Waals surface area contributed by atoms with Crippen LogP contribution in [0.3, 0.4) is 0 Å². The van der Waals surface area contributed by atoms with Crippen molar-refractivity contribution in [2.75, 3.05) is 14.2 Å². The van der Waals surface area contributed by atoms with E-state index in [-0.39, 0.29) is 18.0 Å². The lowest BCUT2D eigenvalue weighted by molar-refractivity contribution is -0.139. The molecule has 0 saturated heterocycles. The van der Waals surface area contributed by atoms with Crippen LogP contribution in [-0.4, -0.2) is 37.4 Å². The molecule has 136 valence electrons. The first-order chi connectivity index (χ1) is 12.5. The highest BCUT2D eigenvalue weighted by Gasteiger charge is 2.12. The number of carbonyl (C=O) groups is 2. The zero-order valence-electron chi connectivity index (χ0n) is 14.4. The van der Waals surface area contributed by atoms with Crippen molar-refractivity contribution < 1.29 is 24.2 Å². The van der Waals surface area contributed by atoms with Crippen LogP contribution in [0.15, 0.2) is 47.6 Å². The lowest BCUT2D eigenvalue weighted by Crippen LogP contribution is -2.37. The number of amides is 2. The number of benzene rings is 2. The molecule has 2 rings (SSSR count). The quantitative estimate of drug-likeness (QED) is 0.409. The van der Waals surface area contributed by atoms with E-state index in [4.69, 9.17) is 9.47 Å². The van der Waals surface area contributed by atoms with Gasteiger partial charge in [0, 0.05) is 6.54 Å². The first-order valence-electron chi connectivity index (χ1n) is 7.64. The van der Waals surface area contributed by atoms with E-state index in [0.717, 1.165) is 5.56 Å². The molecule has 2 amide bonds. The molecule has 0 fully saturated rings. The van der Waals surface area contributed by atoms with Crippen molar-refractivity contribution >= 4 is 18.0 Å². The fourth-order valence-electron chi connectivity index (χ4n) is 2.00. The van der Waals surface area contributed by atoms with Gasteiger partial charge in [-0.25, -0.2) is 5.43 Å². The molecular weight excluding hydrogens is 338 g/mol. The molecule has 3 N–H and O–H groups in total. The van der Waals surface area contributed by atoms with Gasteiger partial charge in [0.05, 0.1) is 20.4 Å². The molecule has 0 unspecified atom stereocenters. The molecule has 26 heavy (non-hydrogen) atoms. The normalized spacial score (nSPS) is 10.4. The summed E-state index contributed by atoms with van der Waals surface area (Å²) >= 11 is 0. The second-order valence-corrected chi connectivity index (χ2v) is 5.16. The number of nitrogens with zero attached hydrogens (tertiary/aromatic N) is 1. The largest absolute Gasteiger partial charge is 0.504 e. The number of methoxy groups -OCH3 is 2. The molecule has 0 spiro atoms. The second kappa shape index (κ2) is 9.07. The predicted molar refractivity (Wildman–Crippen MR) is 95.2 cm³/mol. The number of phenols is 1. The monoisotopic (exact) mass is 357 g/mol. The maximum atomic E-state index is 11.8. The van der Waals surface area contributed by atoms with Crippen molar-refractivity contribution in [1.82, 2.24) is 10.7 Å². The van der Waals surface area contributed by atoms with Gasteiger partial charge in [-0.1, -0.05) is 12.1 Å². The Morgan fingerprint density at radius 1 is 1.08 bits per heavy atom. The third kappa shape index (κ3) is 5.23. The summed E-state index contributed by atoms with van der Waals surface area (Å²) in [4.78, 5) is 23.5. The minimum absolute atomic E-state index is 0.00778. The topological polar surface area (TPSA) is 109 Å². The van der Waals surface area contributed by atoms with E-state index in [1.807, 2.05) is 0 Å². The van der Waals surface area contributed by atoms with Gasteiger partial charge in [-0.3, -0.25) is 9.59 Å². The number of hydrogen-bond donors (Lipinski definition) is 3. The summed E-state index contributed by atoms with van der Waals surface area (Å²) in [5, 5.41) is 15.7. The molecule has 0 aliphatic heterocycles. The van der Waals surface area contributed by atoms with Crippen LogP contribution in [0.1, 0.15) is 11.1 Å². The summed E-state index contributed by atoms with van der Waals surface area (Å²) in [6, 6.07) is 11.6. The van der Waals surface area contributed by atoms with Gasteiger partial charge < -0.3 is 19.9 Å². The Kier molecular flexibility index (Phi) is 6.55. The van der Waals surface area contributed by atoms with Gasteiger partial charge in [0.25, 0.3) is 0 Å². The van der Waals surface area contributed by atoms with Gasteiger partial charge in [-0.05, 0) is 41.5 Å². The Morgan fingerprint density at radius 2 is 1.81 bits per heavy atom. The van der Waals surface area contributed by atoms with Crippen molar-refractivity contribution in [1.29, 1.82) is 0 Å². The number of carbonyl (C=O) groups excluding carboxylic acids is 2. The fourth-order valence-corrected chi connectivity index (χ4v) is 2.00. The van der Waals surface area contributed by atoms with Crippen LogP contribution in [-0.2, 0) is 16.1 Å². The minimum atomic E-state index is -0.888. The van der Waals surface area contributed by atoms with Gasteiger partial charge in [0.15, 0.2) is 11.5 Å². The van der Waals surface area contributed by atoms with Gasteiger partial charge in [0.2, 0.25) is 0 Å². The summed E-state index contributed by atoms with van der Waals surface area (Å²) in [5.74, 6) is -0.719. The standard InChI is InChI=1S/C18H19N3O5/c1-25-14-6-3-12(4-7-14)10-19-17(23)18(24)21-20-11-13-5-8-15(22)16(9-13)26-2/h3-9,11,22H,10H2,1-2H3,(H,19,23)(H,21,24). The van der Waals surface area contributed by atoms with Crippen molar-refractivity contribution in [3.05, 3.63) is 53.6 Å². The van der Waals surface area contributed by atoms with Gasteiger partial charge >= 0.3 is 11.8 Å².